The standard InChI is InChI=1S/C14H13Cl2N/c1-10-5-2-3-6-11(10)9-17-14-12(15)7-4-8-13(14)16/h2-8,17H,9H2,1H3. The van der Waals surface area contributed by atoms with Crippen LogP contribution < -0.4 is 5.32 Å². The van der Waals surface area contributed by atoms with Gasteiger partial charge >= 0.3 is 0 Å². The summed E-state index contributed by atoms with van der Waals surface area (Å²) in [7, 11) is 0. The maximum atomic E-state index is 6.09. The molecule has 2 rings (SSSR count). The zero-order valence-corrected chi connectivity index (χ0v) is 11.0. The van der Waals surface area contributed by atoms with Gasteiger partial charge in [-0.3, -0.25) is 0 Å². The number of aryl methyl sites for hydroxylation is 1. The topological polar surface area (TPSA) is 12.0 Å². The third kappa shape index (κ3) is 2.93. The SMILES string of the molecule is Cc1ccccc1CNc1c(Cl)cccc1Cl. The molecule has 88 valence electrons. The predicted octanol–water partition coefficient (Wildman–Crippen LogP) is 4.91. The lowest BCUT2D eigenvalue weighted by Crippen LogP contribution is -2.02. The lowest BCUT2D eigenvalue weighted by Gasteiger charge is -2.11. The molecule has 0 aliphatic carbocycles. The summed E-state index contributed by atoms with van der Waals surface area (Å²) in [4.78, 5) is 0. The van der Waals surface area contributed by atoms with Gasteiger partial charge in [-0.1, -0.05) is 53.5 Å². The summed E-state index contributed by atoms with van der Waals surface area (Å²) in [6, 6.07) is 13.7. The van der Waals surface area contributed by atoms with E-state index < -0.39 is 0 Å². The summed E-state index contributed by atoms with van der Waals surface area (Å²) >= 11 is 12.2. The van der Waals surface area contributed by atoms with Crippen molar-refractivity contribution in [3.8, 4) is 0 Å². The first kappa shape index (κ1) is 12.3. The Morgan fingerprint density at radius 1 is 0.941 bits per heavy atom. The fraction of sp³-hybridized carbons (Fsp3) is 0.143. The van der Waals surface area contributed by atoms with Crippen molar-refractivity contribution in [2.75, 3.05) is 5.32 Å². The number of rotatable bonds is 3. The lowest BCUT2D eigenvalue weighted by molar-refractivity contribution is 1.12. The quantitative estimate of drug-likeness (QED) is 0.831. The highest BCUT2D eigenvalue weighted by atomic mass is 35.5. The monoisotopic (exact) mass is 265 g/mol. The number of benzene rings is 2. The molecule has 3 heteroatoms. The molecule has 2 aromatic carbocycles. The molecule has 0 spiro atoms. The van der Waals surface area contributed by atoms with Gasteiger partial charge in [-0.25, -0.2) is 0 Å². The van der Waals surface area contributed by atoms with E-state index in [0.29, 0.717) is 10.0 Å². The molecule has 0 aliphatic heterocycles. The van der Waals surface area contributed by atoms with Crippen LogP contribution in [0.1, 0.15) is 11.1 Å². The van der Waals surface area contributed by atoms with E-state index in [2.05, 4.69) is 24.4 Å². The Bertz CT molecular complexity index is 503. The second-order valence-electron chi connectivity index (χ2n) is 3.88. The minimum atomic E-state index is 0.645. The van der Waals surface area contributed by atoms with E-state index >= 15 is 0 Å². The molecule has 0 aliphatic rings. The van der Waals surface area contributed by atoms with Crippen LogP contribution in [-0.4, -0.2) is 0 Å². The van der Waals surface area contributed by atoms with Crippen molar-refractivity contribution in [2.24, 2.45) is 0 Å². The number of halogens is 2. The first-order chi connectivity index (χ1) is 8.18. The largest absolute Gasteiger partial charge is 0.379 e. The number of hydrogen-bond donors (Lipinski definition) is 1. The molecule has 17 heavy (non-hydrogen) atoms. The third-order valence-corrected chi connectivity index (χ3v) is 3.31. The van der Waals surface area contributed by atoms with E-state index in [-0.39, 0.29) is 0 Å². The van der Waals surface area contributed by atoms with Crippen molar-refractivity contribution >= 4 is 28.9 Å². The Labute approximate surface area is 111 Å². The molecule has 0 bridgehead atoms. The van der Waals surface area contributed by atoms with Crippen LogP contribution in [0.25, 0.3) is 0 Å². The molecule has 2 aromatic rings. The predicted molar refractivity (Wildman–Crippen MR) is 75.0 cm³/mol. The molecular formula is C14H13Cl2N. The molecule has 0 aromatic heterocycles. The minimum absolute atomic E-state index is 0.645. The molecule has 0 saturated carbocycles. The van der Waals surface area contributed by atoms with Crippen LogP contribution in [0.5, 0.6) is 0 Å². The van der Waals surface area contributed by atoms with Gasteiger partial charge in [-0.05, 0) is 30.2 Å². The molecule has 0 amide bonds. The molecule has 0 saturated heterocycles. The minimum Gasteiger partial charge on any atom is -0.379 e. The summed E-state index contributed by atoms with van der Waals surface area (Å²) in [6.45, 7) is 2.81. The van der Waals surface area contributed by atoms with Crippen LogP contribution in [0.3, 0.4) is 0 Å². The van der Waals surface area contributed by atoms with Gasteiger partial charge in [-0.15, -0.1) is 0 Å². The molecule has 1 N–H and O–H groups in total. The van der Waals surface area contributed by atoms with E-state index in [1.165, 1.54) is 11.1 Å². The summed E-state index contributed by atoms with van der Waals surface area (Å²) in [5, 5.41) is 4.56. The zero-order valence-electron chi connectivity index (χ0n) is 9.50. The van der Waals surface area contributed by atoms with Crippen LogP contribution in [0.4, 0.5) is 5.69 Å². The summed E-state index contributed by atoms with van der Waals surface area (Å²) in [6.07, 6.45) is 0. The van der Waals surface area contributed by atoms with Crippen LogP contribution in [0.15, 0.2) is 42.5 Å². The highest BCUT2D eigenvalue weighted by molar-refractivity contribution is 6.39. The molecule has 0 unspecified atom stereocenters. The smallest absolute Gasteiger partial charge is 0.0721 e. The molecule has 1 nitrogen and oxygen atoms in total. The van der Waals surface area contributed by atoms with Crippen molar-refractivity contribution in [1.82, 2.24) is 0 Å². The second kappa shape index (κ2) is 5.44. The average Bonchev–Trinajstić information content (AvgIpc) is 2.30. The third-order valence-electron chi connectivity index (χ3n) is 2.68. The van der Waals surface area contributed by atoms with Gasteiger partial charge < -0.3 is 5.32 Å². The highest BCUT2D eigenvalue weighted by Gasteiger charge is 2.05. The van der Waals surface area contributed by atoms with Crippen molar-refractivity contribution < 1.29 is 0 Å². The highest BCUT2D eigenvalue weighted by Crippen LogP contribution is 2.30. The molecular weight excluding hydrogens is 253 g/mol. The van der Waals surface area contributed by atoms with Crippen molar-refractivity contribution in [3.05, 3.63) is 63.6 Å². The van der Waals surface area contributed by atoms with Gasteiger partial charge in [0.2, 0.25) is 0 Å². The van der Waals surface area contributed by atoms with Crippen LogP contribution in [0, 0.1) is 6.92 Å². The van der Waals surface area contributed by atoms with Crippen LogP contribution in [-0.2, 0) is 6.54 Å². The summed E-state index contributed by atoms with van der Waals surface area (Å²) < 4.78 is 0. The fourth-order valence-corrected chi connectivity index (χ4v) is 2.19. The van der Waals surface area contributed by atoms with Crippen molar-refractivity contribution in [2.45, 2.75) is 13.5 Å². The first-order valence-electron chi connectivity index (χ1n) is 5.41. The van der Waals surface area contributed by atoms with E-state index in [1.807, 2.05) is 30.3 Å². The van der Waals surface area contributed by atoms with Crippen molar-refractivity contribution in [3.63, 3.8) is 0 Å². The van der Waals surface area contributed by atoms with E-state index in [0.717, 1.165) is 12.2 Å². The van der Waals surface area contributed by atoms with Crippen molar-refractivity contribution in [1.29, 1.82) is 0 Å². The Balaban J connectivity index is 2.16. The van der Waals surface area contributed by atoms with Gasteiger partial charge in [0.15, 0.2) is 0 Å². The lowest BCUT2D eigenvalue weighted by atomic mass is 10.1. The van der Waals surface area contributed by atoms with Gasteiger partial charge in [-0.2, -0.15) is 0 Å². The molecule has 0 radical (unpaired) electrons. The molecule has 0 heterocycles. The zero-order chi connectivity index (χ0) is 12.3. The number of anilines is 1. The van der Waals surface area contributed by atoms with Gasteiger partial charge in [0.05, 0.1) is 15.7 Å². The Morgan fingerprint density at radius 2 is 1.59 bits per heavy atom. The Hall–Kier alpha value is -1.18. The van der Waals surface area contributed by atoms with Gasteiger partial charge in [0.1, 0.15) is 0 Å². The number of hydrogen-bond acceptors (Lipinski definition) is 1. The number of nitrogens with one attached hydrogen (secondary N) is 1. The first-order valence-corrected chi connectivity index (χ1v) is 6.16. The average molecular weight is 266 g/mol. The second-order valence-corrected chi connectivity index (χ2v) is 4.69. The fourth-order valence-electron chi connectivity index (χ4n) is 1.66. The van der Waals surface area contributed by atoms with E-state index in [1.54, 1.807) is 0 Å². The van der Waals surface area contributed by atoms with Gasteiger partial charge in [0, 0.05) is 6.54 Å². The Kier molecular flexibility index (Phi) is 3.93. The number of para-hydroxylation sites is 1. The molecule has 0 fully saturated rings. The Morgan fingerprint density at radius 3 is 2.24 bits per heavy atom. The summed E-state index contributed by atoms with van der Waals surface area (Å²) in [5.41, 5.74) is 3.28. The summed E-state index contributed by atoms with van der Waals surface area (Å²) in [5.74, 6) is 0. The maximum Gasteiger partial charge on any atom is 0.0721 e. The maximum absolute atomic E-state index is 6.09. The normalized spacial score (nSPS) is 10.3. The van der Waals surface area contributed by atoms with Crippen LogP contribution >= 0.6 is 23.2 Å². The van der Waals surface area contributed by atoms with E-state index in [4.69, 9.17) is 23.2 Å². The van der Waals surface area contributed by atoms with Gasteiger partial charge in [0.25, 0.3) is 0 Å². The van der Waals surface area contributed by atoms with E-state index in [9.17, 15) is 0 Å². The van der Waals surface area contributed by atoms with Crippen LogP contribution in [0.2, 0.25) is 10.0 Å². The molecule has 0 atom stereocenters.